The number of nitrogens with zero attached hydrogens (tertiary/aromatic N) is 4. The normalized spacial score (nSPS) is 15.6. The van der Waals surface area contributed by atoms with Crippen molar-refractivity contribution in [2.45, 2.75) is 13.1 Å². The number of hydrogen-bond donors (Lipinski definition) is 0. The minimum atomic E-state index is -0.297. The predicted octanol–water partition coefficient (Wildman–Crippen LogP) is 5.85. The monoisotopic (exact) mass is 442 g/mol. The highest BCUT2D eigenvalue weighted by Crippen LogP contribution is 2.43. The molecule has 1 atom stereocenters. The van der Waals surface area contributed by atoms with E-state index in [1.165, 1.54) is 0 Å². The number of carbonyl (C=O) groups excluding carboxylic acids is 1. The highest BCUT2D eigenvalue weighted by Gasteiger charge is 2.38. The maximum absolute atomic E-state index is 13.7. The Balaban J connectivity index is 1.66. The number of nitriles is 1. The molecule has 0 N–H and O–H groups in total. The van der Waals surface area contributed by atoms with E-state index in [9.17, 15) is 10.1 Å². The number of fused-ring (bicyclic) bond motifs is 1. The van der Waals surface area contributed by atoms with Crippen molar-refractivity contribution >= 4 is 40.0 Å². The quantitative estimate of drug-likeness (QED) is 0.399. The maximum atomic E-state index is 13.7. The van der Waals surface area contributed by atoms with Crippen molar-refractivity contribution in [1.82, 2.24) is 4.98 Å². The van der Waals surface area contributed by atoms with E-state index in [1.54, 1.807) is 34.8 Å². The molecule has 7 heteroatoms. The Morgan fingerprint density at radius 2 is 1.90 bits per heavy atom. The molecule has 2 aromatic heterocycles. The van der Waals surface area contributed by atoms with Crippen LogP contribution >= 0.6 is 22.7 Å². The number of hydrogen-bond acceptors (Lipinski definition) is 6. The van der Waals surface area contributed by atoms with Gasteiger partial charge < -0.3 is 4.90 Å². The van der Waals surface area contributed by atoms with Gasteiger partial charge in [0.25, 0.3) is 5.91 Å². The topological polar surface area (TPSA) is 60.2 Å². The van der Waals surface area contributed by atoms with Crippen LogP contribution in [-0.4, -0.2) is 17.9 Å². The van der Waals surface area contributed by atoms with Crippen molar-refractivity contribution in [2.24, 2.45) is 0 Å². The van der Waals surface area contributed by atoms with Crippen LogP contribution in [0.15, 0.2) is 66.0 Å². The van der Waals surface area contributed by atoms with Gasteiger partial charge in [0, 0.05) is 23.0 Å². The van der Waals surface area contributed by atoms with Gasteiger partial charge in [0.05, 0.1) is 38.5 Å². The first-order valence-corrected chi connectivity index (χ1v) is 11.4. The molecule has 2 aromatic carbocycles. The van der Waals surface area contributed by atoms with E-state index in [0.717, 1.165) is 31.8 Å². The third-order valence-corrected chi connectivity index (χ3v) is 7.27. The molecule has 1 aliphatic rings. The Bertz CT molecular complexity index is 1320. The molecule has 0 saturated carbocycles. The molecule has 3 heterocycles. The fourth-order valence-corrected chi connectivity index (χ4v) is 5.69. The summed E-state index contributed by atoms with van der Waals surface area (Å²) in [5.74, 6) is -0.110. The number of aryl methyl sites for hydroxylation is 1. The number of amides is 1. The molecule has 0 spiro atoms. The average Bonchev–Trinajstić information content (AvgIpc) is 3.45. The van der Waals surface area contributed by atoms with Crippen LogP contribution < -0.4 is 9.80 Å². The third kappa shape index (κ3) is 3.30. The Hall–Kier alpha value is -3.47. The van der Waals surface area contributed by atoms with Gasteiger partial charge in [-0.25, -0.2) is 4.98 Å². The summed E-state index contributed by atoms with van der Waals surface area (Å²) in [6.07, 6.45) is -0.297. The second kappa shape index (κ2) is 7.65. The molecule has 1 unspecified atom stereocenters. The van der Waals surface area contributed by atoms with Gasteiger partial charge in [0.1, 0.15) is 6.17 Å². The Morgan fingerprint density at radius 1 is 1.10 bits per heavy atom. The van der Waals surface area contributed by atoms with Crippen molar-refractivity contribution in [3.05, 3.63) is 87.1 Å². The van der Waals surface area contributed by atoms with Crippen LogP contribution in [0.4, 0.5) is 11.4 Å². The Morgan fingerprint density at radius 3 is 2.61 bits per heavy atom. The summed E-state index contributed by atoms with van der Waals surface area (Å²) in [5, 5.41) is 12.4. The van der Waals surface area contributed by atoms with Gasteiger partial charge in [-0.05, 0) is 49.4 Å². The highest BCUT2D eigenvalue weighted by molar-refractivity contribution is 7.16. The predicted molar refractivity (Wildman–Crippen MR) is 126 cm³/mol. The van der Waals surface area contributed by atoms with Gasteiger partial charge in [-0.3, -0.25) is 9.69 Å². The SMILES string of the molecule is Cc1nc(-c2ccc(C3N(C)c4ccc(C#N)cc4C(=O)N3c3ccccc3)s2)cs1. The number of benzene rings is 2. The number of anilines is 2. The first-order chi connectivity index (χ1) is 15.1. The van der Waals surface area contributed by atoms with Crippen molar-refractivity contribution in [2.75, 3.05) is 16.8 Å². The Labute approximate surface area is 188 Å². The van der Waals surface area contributed by atoms with Gasteiger partial charge in [-0.2, -0.15) is 5.26 Å². The molecule has 0 bridgehead atoms. The van der Waals surface area contributed by atoms with Crippen LogP contribution in [0.3, 0.4) is 0 Å². The lowest BCUT2D eigenvalue weighted by Gasteiger charge is -2.43. The summed E-state index contributed by atoms with van der Waals surface area (Å²) in [6, 6.07) is 21.3. The molecular weight excluding hydrogens is 424 g/mol. The van der Waals surface area contributed by atoms with E-state index in [4.69, 9.17) is 0 Å². The van der Waals surface area contributed by atoms with Crippen molar-refractivity contribution in [3.8, 4) is 16.6 Å². The smallest absolute Gasteiger partial charge is 0.262 e. The third-order valence-electron chi connectivity index (χ3n) is 5.35. The Kier molecular flexibility index (Phi) is 4.81. The summed E-state index contributed by atoms with van der Waals surface area (Å²) in [5.41, 5.74) is 3.61. The van der Waals surface area contributed by atoms with Crippen LogP contribution in [0.1, 0.15) is 32.0 Å². The van der Waals surface area contributed by atoms with E-state index in [2.05, 4.69) is 33.5 Å². The van der Waals surface area contributed by atoms with Crippen LogP contribution in [0.5, 0.6) is 0 Å². The van der Waals surface area contributed by atoms with Gasteiger partial charge >= 0.3 is 0 Å². The summed E-state index contributed by atoms with van der Waals surface area (Å²) < 4.78 is 0. The molecular formula is C24H18N4OS2. The van der Waals surface area contributed by atoms with Crippen LogP contribution in [0.2, 0.25) is 0 Å². The fraction of sp³-hybridized carbons (Fsp3) is 0.125. The zero-order valence-corrected chi connectivity index (χ0v) is 18.6. The number of aromatic nitrogens is 1. The standard InChI is InChI=1S/C24H18N4OS2/c1-15-26-19(14-30-15)21-10-11-22(31-21)23-27(2)20-9-8-16(13-25)12-18(20)24(29)28(23)17-6-4-3-5-7-17/h3-12,14,23H,1-2H3. The molecule has 0 aliphatic carbocycles. The summed E-state index contributed by atoms with van der Waals surface area (Å²) in [7, 11) is 1.99. The maximum Gasteiger partial charge on any atom is 0.262 e. The largest absolute Gasteiger partial charge is 0.349 e. The molecule has 1 amide bonds. The van der Waals surface area contributed by atoms with Crippen molar-refractivity contribution < 1.29 is 4.79 Å². The van der Waals surface area contributed by atoms with Crippen molar-refractivity contribution in [1.29, 1.82) is 5.26 Å². The number of thiazole rings is 1. The van der Waals surface area contributed by atoms with E-state index in [-0.39, 0.29) is 12.1 Å². The zero-order chi connectivity index (χ0) is 21.5. The molecule has 5 rings (SSSR count). The molecule has 152 valence electrons. The van der Waals surface area contributed by atoms with E-state index in [0.29, 0.717) is 11.1 Å². The van der Waals surface area contributed by atoms with E-state index >= 15 is 0 Å². The lowest BCUT2D eigenvalue weighted by Crippen LogP contribution is -2.48. The fourth-order valence-electron chi connectivity index (χ4n) is 3.90. The number of para-hydroxylation sites is 1. The second-order valence-electron chi connectivity index (χ2n) is 7.29. The van der Waals surface area contributed by atoms with E-state index < -0.39 is 0 Å². The van der Waals surface area contributed by atoms with Crippen LogP contribution in [-0.2, 0) is 0 Å². The summed E-state index contributed by atoms with van der Waals surface area (Å²) >= 11 is 3.28. The average molecular weight is 443 g/mol. The molecule has 31 heavy (non-hydrogen) atoms. The van der Waals surface area contributed by atoms with Gasteiger partial charge in [0.2, 0.25) is 0 Å². The van der Waals surface area contributed by atoms with Crippen LogP contribution in [0.25, 0.3) is 10.6 Å². The lowest BCUT2D eigenvalue weighted by molar-refractivity contribution is 0.0970. The number of thiophene rings is 1. The lowest BCUT2D eigenvalue weighted by atomic mass is 10.0. The molecule has 0 fully saturated rings. The zero-order valence-electron chi connectivity index (χ0n) is 16.9. The first kappa shape index (κ1) is 19.5. The highest BCUT2D eigenvalue weighted by atomic mass is 32.1. The number of carbonyl (C=O) groups is 1. The molecule has 4 aromatic rings. The summed E-state index contributed by atoms with van der Waals surface area (Å²) in [6.45, 7) is 2.00. The van der Waals surface area contributed by atoms with Crippen LogP contribution in [0, 0.1) is 18.3 Å². The summed E-state index contributed by atoms with van der Waals surface area (Å²) in [4.78, 5) is 24.3. The number of rotatable bonds is 3. The van der Waals surface area contributed by atoms with E-state index in [1.807, 2.05) is 55.3 Å². The second-order valence-corrected chi connectivity index (χ2v) is 9.47. The minimum Gasteiger partial charge on any atom is -0.349 e. The van der Waals surface area contributed by atoms with Gasteiger partial charge in [0.15, 0.2) is 0 Å². The van der Waals surface area contributed by atoms with Gasteiger partial charge in [-0.1, -0.05) is 18.2 Å². The molecule has 0 radical (unpaired) electrons. The molecule has 1 aliphatic heterocycles. The minimum absolute atomic E-state index is 0.110. The molecule has 5 nitrogen and oxygen atoms in total. The molecule has 0 saturated heterocycles. The first-order valence-electron chi connectivity index (χ1n) is 9.74. The van der Waals surface area contributed by atoms with Crippen molar-refractivity contribution in [3.63, 3.8) is 0 Å². The van der Waals surface area contributed by atoms with Gasteiger partial charge in [-0.15, -0.1) is 22.7 Å².